The third kappa shape index (κ3) is 5.32. The molecule has 3 nitrogen and oxygen atoms in total. The number of nitrogens with one attached hydrogen (secondary N) is 1. The summed E-state index contributed by atoms with van der Waals surface area (Å²) in [6.07, 6.45) is 4.69. The Morgan fingerprint density at radius 1 is 1.29 bits per heavy atom. The number of hydrogen-bond acceptors (Lipinski definition) is 3. The fourth-order valence-electron chi connectivity index (χ4n) is 2.55. The first kappa shape index (κ1) is 16.3. The molecule has 21 heavy (non-hydrogen) atoms. The quantitative estimate of drug-likeness (QED) is 0.649. The standard InChI is InChI=1S/C16H22FNO2S/c17-12-6-4-5-9-15(12)21-11-10-16(20)18-13-7-2-1-3-8-14(13)19/h4-6,9,13-14,19H,1-3,7-8,10-11H2,(H,18,20). The van der Waals surface area contributed by atoms with E-state index in [0.717, 1.165) is 32.1 Å². The molecule has 0 heterocycles. The van der Waals surface area contributed by atoms with Gasteiger partial charge in [-0.25, -0.2) is 4.39 Å². The number of carbonyl (C=O) groups excluding carboxylic acids is 1. The smallest absolute Gasteiger partial charge is 0.221 e. The zero-order chi connectivity index (χ0) is 15.1. The summed E-state index contributed by atoms with van der Waals surface area (Å²) in [6, 6.07) is 6.45. The molecule has 1 fully saturated rings. The van der Waals surface area contributed by atoms with Crippen LogP contribution in [0.2, 0.25) is 0 Å². The number of halogens is 1. The van der Waals surface area contributed by atoms with Gasteiger partial charge in [-0.3, -0.25) is 4.79 Å². The van der Waals surface area contributed by atoms with Crippen LogP contribution in [0.1, 0.15) is 38.5 Å². The van der Waals surface area contributed by atoms with Gasteiger partial charge in [0.2, 0.25) is 5.91 Å². The normalized spacial score (nSPS) is 22.6. The second-order valence-corrected chi connectivity index (χ2v) is 6.54. The Balaban J connectivity index is 1.73. The lowest BCUT2D eigenvalue weighted by Gasteiger charge is -2.21. The molecule has 1 aliphatic rings. The zero-order valence-corrected chi connectivity index (χ0v) is 12.9. The number of rotatable bonds is 5. The van der Waals surface area contributed by atoms with Gasteiger partial charge in [-0.1, -0.05) is 31.4 Å². The fraction of sp³-hybridized carbons (Fsp3) is 0.562. The van der Waals surface area contributed by atoms with Crippen molar-refractivity contribution in [3.05, 3.63) is 30.1 Å². The maximum atomic E-state index is 13.4. The number of benzene rings is 1. The van der Waals surface area contributed by atoms with Crippen molar-refractivity contribution in [2.45, 2.75) is 55.6 Å². The summed E-state index contributed by atoms with van der Waals surface area (Å²) in [5.41, 5.74) is 0. The Labute approximate surface area is 129 Å². The van der Waals surface area contributed by atoms with Crippen LogP contribution in [-0.2, 0) is 4.79 Å². The summed E-state index contributed by atoms with van der Waals surface area (Å²) >= 11 is 1.34. The van der Waals surface area contributed by atoms with Gasteiger partial charge < -0.3 is 10.4 Å². The summed E-state index contributed by atoms with van der Waals surface area (Å²) in [6.45, 7) is 0. The Morgan fingerprint density at radius 2 is 2.05 bits per heavy atom. The van der Waals surface area contributed by atoms with Gasteiger partial charge in [-0.2, -0.15) is 0 Å². The second kappa shape index (κ2) is 8.39. The van der Waals surface area contributed by atoms with Crippen LogP contribution in [0.25, 0.3) is 0 Å². The van der Waals surface area contributed by atoms with Crippen LogP contribution >= 0.6 is 11.8 Å². The number of aliphatic hydroxyl groups is 1. The number of aliphatic hydroxyl groups excluding tert-OH is 1. The Morgan fingerprint density at radius 3 is 2.86 bits per heavy atom. The zero-order valence-electron chi connectivity index (χ0n) is 12.1. The minimum Gasteiger partial charge on any atom is -0.391 e. The summed E-state index contributed by atoms with van der Waals surface area (Å²) in [5.74, 6) is 0.224. The van der Waals surface area contributed by atoms with Gasteiger partial charge in [0.05, 0.1) is 12.1 Å². The van der Waals surface area contributed by atoms with Crippen LogP contribution < -0.4 is 5.32 Å². The van der Waals surface area contributed by atoms with Crippen LogP contribution in [0.5, 0.6) is 0 Å². The van der Waals surface area contributed by atoms with Gasteiger partial charge in [0.1, 0.15) is 5.82 Å². The molecule has 116 valence electrons. The van der Waals surface area contributed by atoms with Gasteiger partial charge in [-0.15, -0.1) is 11.8 Å². The monoisotopic (exact) mass is 311 g/mol. The van der Waals surface area contributed by atoms with Crippen molar-refractivity contribution >= 4 is 17.7 Å². The molecule has 2 unspecified atom stereocenters. The van der Waals surface area contributed by atoms with E-state index in [1.165, 1.54) is 17.8 Å². The average Bonchev–Trinajstić information content (AvgIpc) is 2.66. The summed E-state index contributed by atoms with van der Waals surface area (Å²) < 4.78 is 13.4. The van der Waals surface area contributed by atoms with Gasteiger partial charge in [0.15, 0.2) is 0 Å². The third-order valence-electron chi connectivity index (χ3n) is 3.75. The Kier molecular flexibility index (Phi) is 6.51. The van der Waals surface area contributed by atoms with Gasteiger partial charge >= 0.3 is 0 Å². The van der Waals surface area contributed by atoms with Crippen molar-refractivity contribution in [3.63, 3.8) is 0 Å². The number of thioether (sulfide) groups is 1. The highest BCUT2D eigenvalue weighted by atomic mass is 32.2. The molecule has 1 aromatic carbocycles. The second-order valence-electron chi connectivity index (χ2n) is 5.41. The maximum Gasteiger partial charge on any atom is 0.221 e. The molecular formula is C16H22FNO2S. The number of hydrogen-bond donors (Lipinski definition) is 2. The molecule has 0 spiro atoms. The molecule has 5 heteroatoms. The molecule has 0 aromatic heterocycles. The first-order valence-corrected chi connectivity index (χ1v) is 8.50. The minimum atomic E-state index is -0.435. The van der Waals surface area contributed by atoms with E-state index >= 15 is 0 Å². The lowest BCUT2D eigenvalue weighted by molar-refractivity contribution is -0.122. The van der Waals surface area contributed by atoms with E-state index in [-0.39, 0.29) is 17.8 Å². The molecule has 1 saturated carbocycles. The van der Waals surface area contributed by atoms with E-state index in [9.17, 15) is 14.3 Å². The van der Waals surface area contributed by atoms with Crippen molar-refractivity contribution in [3.8, 4) is 0 Å². The molecule has 2 N–H and O–H groups in total. The molecule has 0 bridgehead atoms. The van der Waals surface area contributed by atoms with E-state index in [1.54, 1.807) is 18.2 Å². The topological polar surface area (TPSA) is 49.3 Å². The average molecular weight is 311 g/mol. The van der Waals surface area contributed by atoms with Crippen molar-refractivity contribution in [2.75, 3.05) is 5.75 Å². The summed E-state index contributed by atoms with van der Waals surface area (Å²) in [5, 5.41) is 12.9. The Hall–Kier alpha value is -1.07. The van der Waals surface area contributed by atoms with E-state index in [0.29, 0.717) is 17.1 Å². The summed E-state index contributed by atoms with van der Waals surface area (Å²) in [4.78, 5) is 12.5. The fourth-order valence-corrected chi connectivity index (χ4v) is 3.44. The van der Waals surface area contributed by atoms with E-state index in [1.807, 2.05) is 0 Å². The van der Waals surface area contributed by atoms with Gasteiger partial charge in [0, 0.05) is 17.1 Å². The molecule has 1 amide bonds. The highest BCUT2D eigenvalue weighted by Crippen LogP contribution is 2.22. The van der Waals surface area contributed by atoms with Crippen LogP contribution in [0, 0.1) is 5.82 Å². The molecule has 2 rings (SSSR count). The van der Waals surface area contributed by atoms with Crippen LogP contribution in [0.15, 0.2) is 29.2 Å². The van der Waals surface area contributed by atoms with E-state index in [4.69, 9.17) is 0 Å². The van der Waals surface area contributed by atoms with E-state index < -0.39 is 6.10 Å². The predicted octanol–water partition coefficient (Wildman–Crippen LogP) is 3.12. The number of amides is 1. The van der Waals surface area contributed by atoms with Crippen LogP contribution in [0.3, 0.4) is 0 Å². The molecule has 1 aromatic rings. The SMILES string of the molecule is O=C(CCSc1ccccc1F)NC1CCCCCC1O. The lowest BCUT2D eigenvalue weighted by atomic mass is 10.1. The minimum absolute atomic E-state index is 0.0650. The molecular weight excluding hydrogens is 289 g/mol. The van der Waals surface area contributed by atoms with Gasteiger partial charge in [-0.05, 0) is 25.0 Å². The third-order valence-corrected chi connectivity index (χ3v) is 4.80. The predicted molar refractivity (Wildman–Crippen MR) is 82.8 cm³/mol. The maximum absolute atomic E-state index is 13.4. The molecule has 0 radical (unpaired) electrons. The summed E-state index contributed by atoms with van der Waals surface area (Å²) in [7, 11) is 0. The molecule has 2 atom stereocenters. The lowest BCUT2D eigenvalue weighted by Crippen LogP contribution is -2.42. The van der Waals surface area contributed by atoms with Crippen molar-refractivity contribution in [1.82, 2.24) is 5.32 Å². The first-order chi connectivity index (χ1) is 10.2. The van der Waals surface area contributed by atoms with Crippen LogP contribution in [-0.4, -0.2) is 28.9 Å². The first-order valence-electron chi connectivity index (χ1n) is 7.51. The molecule has 1 aliphatic carbocycles. The van der Waals surface area contributed by atoms with Crippen molar-refractivity contribution in [2.24, 2.45) is 0 Å². The van der Waals surface area contributed by atoms with Gasteiger partial charge in [0.25, 0.3) is 0 Å². The number of carbonyl (C=O) groups is 1. The Bertz CT molecular complexity index is 469. The van der Waals surface area contributed by atoms with Crippen molar-refractivity contribution < 1.29 is 14.3 Å². The molecule has 0 saturated heterocycles. The highest BCUT2D eigenvalue weighted by molar-refractivity contribution is 7.99. The van der Waals surface area contributed by atoms with E-state index in [2.05, 4.69) is 5.32 Å². The van der Waals surface area contributed by atoms with Crippen LogP contribution in [0.4, 0.5) is 4.39 Å². The highest BCUT2D eigenvalue weighted by Gasteiger charge is 2.22. The largest absolute Gasteiger partial charge is 0.391 e. The molecule has 0 aliphatic heterocycles. The van der Waals surface area contributed by atoms with Crippen molar-refractivity contribution in [1.29, 1.82) is 0 Å².